The van der Waals surface area contributed by atoms with Gasteiger partial charge in [0.05, 0.1) is 28.1 Å². The van der Waals surface area contributed by atoms with E-state index in [1.54, 1.807) is 6.92 Å². The Hall–Kier alpha value is -2.77. The highest BCUT2D eigenvalue weighted by atomic mass is 16.6. The second-order valence-corrected chi connectivity index (χ2v) is 4.22. The van der Waals surface area contributed by atoms with Gasteiger partial charge in [-0.15, -0.1) is 0 Å². The van der Waals surface area contributed by atoms with Crippen LogP contribution < -0.4 is 5.56 Å². The van der Waals surface area contributed by atoms with Gasteiger partial charge in [0.1, 0.15) is 0 Å². The fourth-order valence-electron chi connectivity index (χ4n) is 2.08. The maximum Gasteiger partial charge on any atom is 0.311 e. The number of H-pyrrole nitrogens is 1. The van der Waals surface area contributed by atoms with E-state index in [0.717, 1.165) is 6.07 Å². The first-order valence-corrected chi connectivity index (χ1v) is 5.84. The van der Waals surface area contributed by atoms with E-state index in [4.69, 9.17) is 5.11 Å². The number of aliphatic carboxylic acids is 1. The lowest BCUT2D eigenvalue weighted by atomic mass is 9.94. The van der Waals surface area contributed by atoms with E-state index in [1.165, 1.54) is 12.4 Å². The van der Waals surface area contributed by atoms with Gasteiger partial charge in [0.15, 0.2) is 0 Å². The number of benzene rings is 1. The molecular weight excluding hydrogens is 266 g/mol. The number of carbonyl (C=O) groups is 1. The third-order valence-electron chi connectivity index (χ3n) is 3.07. The molecule has 0 bridgehead atoms. The molecule has 1 heterocycles. The molecule has 8 nitrogen and oxygen atoms in total. The number of nitrogens with one attached hydrogen (secondary N) is 1. The molecule has 0 aliphatic heterocycles. The van der Waals surface area contributed by atoms with Crippen LogP contribution in [0.25, 0.3) is 10.9 Å². The zero-order chi connectivity index (χ0) is 14.9. The Morgan fingerprint density at radius 3 is 2.80 bits per heavy atom. The monoisotopic (exact) mass is 277 g/mol. The number of carboxylic acid groups (broad SMARTS) is 1. The molecule has 104 valence electrons. The first-order valence-electron chi connectivity index (χ1n) is 5.84. The van der Waals surface area contributed by atoms with Crippen LogP contribution in [-0.2, 0) is 4.79 Å². The smallest absolute Gasteiger partial charge is 0.311 e. The SMILES string of the molecule is CCC(C(=O)O)c1cc2nc[nH]c(=O)c2cc1[N+](=O)[O-]. The van der Waals surface area contributed by atoms with Crippen LogP contribution in [-0.4, -0.2) is 26.0 Å². The minimum Gasteiger partial charge on any atom is -0.481 e. The summed E-state index contributed by atoms with van der Waals surface area (Å²) in [5.74, 6) is -2.17. The van der Waals surface area contributed by atoms with Crippen molar-refractivity contribution in [3.63, 3.8) is 0 Å². The molecule has 1 aromatic carbocycles. The van der Waals surface area contributed by atoms with Crippen LogP contribution in [0.15, 0.2) is 23.3 Å². The van der Waals surface area contributed by atoms with Crippen LogP contribution in [0.5, 0.6) is 0 Å². The Morgan fingerprint density at radius 1 is 1.55 bits per heavy atom. The lowest BCUT2D eigenvalue weighted by Crippen LogP contribution is -2.14. The quantitative estimate of drug-likeness (QED) is 0.642. The van der Waals surface area contributed by atoms with E-state index in [-0.39, 0.29) is 28.6 Å². The van der Waals surface area contributed by atoms with Crippen LogP contribution in [0, 0.1) is 10.1 Å². The summed E-state index contributed by atoms with van der Waals surface area (Å²) in [6.45, 7) is 1.62. The first kappa shape index (κ1) is 13.7. The van der Waals surface area contributed by atoms with Crippen LogP contribution in [0.3, 0.4) is 0 Å². The predicted molar refractivity (Wildman–Crippen MR) is 69.7 cm³/mol. The molecule has 20 heavy (non-hydrogen) atoms. The summed E-state index contributed by atoms with van der Waals surface area (Å²) in [7, 11) is 0. The van der Waals surface area contributed by atoms with Gasteiger partial charge < -0.3 is 10.1 Å². The lowest BCUT2D eigenvalue weighted by Gasteiger charge is -2.11. The molecular formula is C12H11N3O5. The number of nitro benzene ring substituents is 1. The summed E-state index contributed by atoms with van der Waals surface area (Å²) in [6.07, 6.45) is 1.37. The van der Waals surface area contributed by atoms with Crippen LogP contribution in [0.4, 0.5) is 5.69 Å². The van der Waals surface area contributed by atoms with Crippen molar-refractivity contribution in [1.29, 1.82) is 0 Å². The fraction of sp³-hybridized carbons (Fsp3) is 0.250. The Labute approximate surface area is 112 Å². The van der Waals surface area contributed by atoms with Crippen LogP contribution >= 0.6 is 0 Å². The zero-order valence-corrected chi connectivity index (χ0v) is 10.5. The van der Waals surface area contributed by atoms with Crippen LogP contribution in [0.1, 0.15) is 24.8 Å². The van der Waals surface area contributed by atoms with Crippen LogP contribution in [0.2, 0.25) is 0 Å². The van der Waals surface area contributed by atoms with Crippen molar-refractivity contribution < 1.29 is 14.8 Å². The predicted octanol–water partition coefficient (Wildman–Crippen LogP) is 1.41. The first-order chi connectivity index (χ1) is 9.45. The van der Waals surface area contributed by atoms with E-state index in [9.17, 15) is 19.7 Å². The lowest BCUT2D eigenvalue weighted by molar-refractivity contribution is -0.385. The molecule has 0 spiro atoms. The summed E-state index contributed by atoms with van der Waals surface area (Å²) in [5.41, 5.74) is -0.608. The third-order valence-corrected chi connectivity index (χ3v) is 3.07. The normalized spacial score (nSPS) is 12.2. The van der Waals surface area contributed by atoms with Gasteiger partial charge in [0.25, 0.3) is 11.2 Å². The zero-order valence-electron chi connectivity index (χ0n) is 10.5. The van der Waals surface area contributed by atoms with Gasteiger partial charge in [0.2, 0.25) is 0 Å². The summed E-state index contributed by atoms with van der Waals surface area (Å²) in [6, 6.07) is 2.37. The molecule has 2 N–H and O–H groups in total. The van der Waals surface area contributed by atoms with Gasteiger partial charge in [-0.2, -0.15) is 0 Å². The number of aromatic nitrogens is 2. The van der Waals surface area contributed by atoms with Crippen molar-refractivity contribution >= 4 is 22.6 Å². The van der Waals surface area contributed by atoms with Gasteiger partial charge in [-0.25, -0.2) is 4.98 Å². The van der Waals surface area contributed by atoms with Gasteiger partial charge in [-0.05, 0) is 12.5 Å². The average molecular weight is 277 g/mol. The highest BCUT2D eigenvalue weighted by Gasteiger charge is 2.27. The number of nitro groups is 1. The molecule has 2 rings (SSSR count). The summed E-state index contributed by atoms with van der Waals surface area (Å²) >= 11 is 0. The molecule has 0 saturated carbocycles. The highest BCUT2D eigenvalue weighted by molar-refractivity contribution is 5.85. The van der Waals surface area contributed by atoms with Gasteiger partial charge >= 0.3 is 5.97 Å². The van der Waals surface area contributed by atoms with Gasteiger partial charge in [-0.3, -0.25) is 19.7 Å². The molecule has 0 amide bonds. The van der Waals surface area contributed by atoms with E-state index < -0.39 is 22.4 Å². The summed E-state index contributed by atoms with van der Waals surface area (Å²) < 4.78 is 0. The second kappa shape index (κ2) is 5.08. The minimum atomic E-state index is -1.15. The Kier molecular flexibility index (Phi) is 3.47. The van der Waals surface area contributed by atoms with Gasteiger partial charge in [-0.1, -0.05) is 6.92 Å². The maximum atomic E-state index is 11.6. The van der Waals surface area contributed by atoms with Gasteiger partial charge in [0, 0.05) is 11.6 Å². The average Bonchev–Trinajstić information content (AvgIpc) is 2.38. The molecule has 1 atom stereocenters. The van der Waals surface area contributed by atoms with E-state index in [1.807, 2.05) is 0 Å². The van der Waals surface area contributed by atoms with Crippen molar-refractivity contribution in [1.82, 2.24) is 9.97 Å². The molecule has 8 heteroatoms. The molecule has 0 aliphatic rings. The molecule has 0 saturated heterocycles. The molecule has 2 aromatic rings. The van der Waals surface area contributed by atoms with Crippen molar-refractivity contribution in [2.24, 2.45) is 0 Å². The number of rotatable bonds is 4. The van der Waals surface area contributed by atoms with E-state index in [2.05, 4.69) is 9.97 Å². The fourth-order valence-corrected chi connectivity index (χ4v) is 2.08. The number of fused-ring (bicyclic) bond motifs is 1. The third kappa shape index (κ3) is 2.22. The van der Waals surface area contributed by atoms with Crippen molar-refractivity contribution in [2.75, 3.05) is 0 Å². The minimum absolute atomic E-state index is 0.0515. The highest BCUT2D eigenvalue weighted by Crippen LogP contribution is 2.31. The molecule has 0 fully saturated rings. The van der Waals surface area contributed by atoms with Crippen molar-refractivity contribution in [3.8, 4) is 0 Å². The number of hydrogen-bond acceptors (Lipinski definition) is 5. The maximum absolute atomic E-state index is 11.6. The standard InChI is InChI=1S/C12H11N3O5/c1-2-6(12(17)18)7-3-9-8(4-10(7)15(19)20)11(16)14-5-13-9/h3-6H,2H2,1H3,(H,17,18)(H,13,14,16). The van der Waals surface area contributed by atoms with E-state index >= 15 is 0 Å². The Bertz CT molecular complexity index is 752. The molecule has 1 aromatic heterocycles. The Balaban J connectivity index is 2.82. The summed E-state index contributed by atoms with van der Waals surface area (Å²) in [4.78, 5) is 39.4. The Morgan fingerprint density at radius 2 is 2.25 bits per heavy atom. The molecule has 0 radical (unpaired) electrons. The van der Waals surface area contributed by atoms with Crippen molar-refractivity contribution in [2.45, 2.75) is 19.3 Å². The largest absolute Gasteiger partial charge is 0.481 e. The molecule has 0 aliphatic carbocycles. The number of carboxylic acids is 1. The second-order valence-electron chi connectivity index (χ2n) is 4.22. The molecule has 1 unspecified atom stereocenters. The number of nitrogens with zero attached hydrogens (tertiary/aromatic N) is 2. The number of aromatic amines is 1. The number of hydrogen-bond donors (Lipinski definition) is 2. The van der Waals surface area contributed by atoms with Crippen molar-refractivity contribution in [3.05, 3.63) is 44.5 Å². The topological polar surface area (TPSA) is 126 Å². The summed E-state index contributed by atoms with van der Waals surface area (Å²) in [5, 5.41) is 20.3. The van der Waals surface area contributed by atoms with E-state index in [0.29, 0.717) is 0 Å².